The van der Waals surface area contributed by atoms with Crippen LogP contribution in [0.5, 0.6) is 0 Å². The van der Waals surface area contributed by atoms with E-state index in [1.54, 1.807) is 0 Å². The normalized spacial score (nSPS) is 16.6. The summed E-state index contributed by atoms with van der Waals surface area (Å²) < 4.78 is 2.07. The summed E-state index contributed by atoms with van der Waals surface area (Å²) in [4.78, 5) is 24.8. The van der Waals surface area contributed by atoms with Crippen molar-refractivity contribution in [3.63, 3.8) is 0 Å². The topological polar surface area (TPSA) is 88.0 Å². The van der Waals surface area contributed by atoms with Gasteiger partial charge >= 0.3 is 0 Å². The number of anilines is 2. The number of amides is 1. The standard InChI is InChI=1S/C36H39N7O/c1-23-5-4-6-28(17-23)35(44)39-24(2)26-9-11-32(25-7-8-25)33(19-26)27-10-12-34-29(18-27)20-37-36(41-34)40-30-21-38-43(22-30)31-13-15-42(3)16-14-31/h4-6,9-12,17-22,24-25,31H,7-8,13-16H2,1-3H3,(H,39,44)(H,37,40,41)/t24-/m0/s1. The molecule has 8 heteroatoms. The third-order valence-corrected chi connectivity index (χ3v) is 9.03. The lowest BCUT2D eigenvalue weighted by Crippen LogP contribution is -2.31. The van der Waals surface area contributed by atoms with E-state index < -0.39 is 0 Å². The SMILES string of the molecule is Cc1cccc(C(=O)N[C@@H](C)c2ccc(C3CC3)c(-c3ccc4nc(Nc5cnn(C6CCN(C)CC6)c5)ncc4c3)c2)c1. The molecule has 1 saturated heterocycles. The lowest BCUT2D eigenvalue weighted by molar-refractivity contribution is 0.0940. The second-order valence-electron chi connectivity index (χ2n) is 12.5. The van der Waals surface area contributed by atoms with Crippen molar-refractivity contribution in [2.45, 2.75) is 57.5 Å². The van der Waals surface area contributed by atoms with E-state index in [1.165, 1.54) is 24.0 Å². The number of hydrogen-bond acceptors (Lipinski definition) is 6. The van der Waals surface area contributed by atoms with Gasteiger partial charge in [-0.1, -0.05) is 35.9 Å². The number of likely N-dealkylation sites (tertiary alicyclic amines) is 1. The number of carbonyl (C=O) groups is 1. The van der Waals surface area contributed by atoms with E-state index >= 15 is 0 Å². The van der Waals surface area contributed by atoms with Crippen LogP contribution in [0.15, 0.2) is 79.3 Å². The Morgan fingerprint density at radius 1 is 0.977 bits per heavy atom. The summed E-state index contributed by atoms with van der Waals surface area (Å²) in [6.07, 6.45) is 10.5. The van der Waals surface area contributed by atoms with Gasteiger partial charge in [-0.15, -0.1) is 0 Å². The van der Waals surface area contributed by atoms with Gasteiger partial charge in [0.25, 0.3) is 5.91 Å². The van der Waals surface area contributed by atoms with Crippen LogP contribution in [0.25, 0.3) is 22.0 Å². The lowest BCUT2D eigenvalue weighted by Gasteiger charge is -2.28. The highest BCUT2D eigenvalue weighted by atomic mass is 16.1. The van der Waals surface area contributed by atoms with E-state index in [0.717, 1.165) is 59.2 Å². The molecule has 8 nitrogen and oxygen atoms in total. The van der Waals surface area contributed by atoms with Gasteiger partial charge in [-0.2, -0.15) is 5.10 Å². The number of benzene rings is 3. The Balaban J connectivity index is 1.10. The van der Waals surface area contributed by atoms with Gasteiger partial charge in [0.1, 0.15) is 0 Å². The molecule has 3 heterocycles. The molecule has 1 aliphatic heterocycles. The summed E-state index contributed by atoms with van der Waals surface area (Å²) >= 11 is 0. The third-order valence-electron chi connectivity index (χ3n) is 9.03. The van der Waals surface area contributed by atoms with Crippen molar-refractivity contribution >= 4 is 28.4 Å². The molecule has 2 fully saturated rings. The summed E-state index contributed by atoms with van der Waals surface area (Å²) in [6.45, 7) is 6.24. The zero-order chi connectivity index (χ0) is 30.2. The van der Waals surface area contributed by atoms with Crippen molar-refractivity contribution in [1.29, 1.82) is 0 Å². The maximum Gasteiger partial charge on any atom is 0.251 e. The first-order valence-electron chi connectivity index (χ1n) is 15.7. The van der Waals surface area contributed by atoms with E-state index in [0.29, 0.717) is 23.5 Å². The van der Waals surface area contributed by atoms with Crippen molar-refractivity contribution in [3.8, 4) is 11.1 Å². The number of carbonyl (C=O) groups excluding carboxylic acids is 1. The molecular weight excluding hydrogens is 546 g/mol. The van der Waals surface area contributed by atoms with Crippen LogP contribution in [-0.4, -0.2) is 50.7 Å². The molecule has 1 saturated carbocycles. The van der Waals surface area contributed by atoms with Crippen molar-refractivity contribution < 1.29 is 4.79 Å². The van der Waals surface area contributed by atoms with Crippen LogP contribution in [0.4, 0.5) is 11.6 Å². The average molecular weight is 586 g/mol. The average Bonchev–Trinajstić information content (AvgIpc) is 3.78. The van der Waals surface area contributed by atoms with Gasteiger partial charge < -0.3 is 15.5 Å². The molecule has 0 radical (unpaired) electrons. The first-order chi connectivity index (χ1) is 21.4. The molecule has 5 aromatic rings. The summed E-state index contributed by atoms with van der Waals surface area (Å²) in [5.41, 5.74) is 8.35. The molecule has 0 unspecified atom stereocenters. The first kappa shape index (κ1) is 28.2. The maximum absolute atomic E-state index is 13.0. The van der Waals surface area contributed by atoms with Crippen LogP contribution in [0.1, 0.15) is 77.7 Å². The zero-order valence-corrected chi connectivity index (χ0v) is 25.6. The van der Waals surface area contributed by atoms with Crippen LogP contribution in [0, 0.1) is 6.92 Å². The van der Waals surface area contributed by atoms with Crippen molar-refractivity contribution in [1.82, 2.24) is 30.0 Å². The number of nitrogens with zero attached hydrogens (tertiary/aromatic N) is 5. The van der Waals surface area contributed by atoms with E-state index in [-0.39, 0.29) is 11.9 Å². The number of piperidine rings is 1. The van der Waals surface area contributed by atoms with Crippen LogP contribution in [-0.2, 0) is 0 Å². The molecule has 3 aromatic carbocycles. The number of aromatic nitrogens is 4. The van der Waals surface area contributed by atoms with Crippen molar-refractivity contribution in [2.75, 3.05) is 25.5 Å². The number of fused-ring (bicyclic) bond motifs is 1. The number of nitrogens with one attached hydrogen (secondary N) is 2. The third kappa shape index (κ3) is 6.08. The van der Waals surface area contributed by atoms with Gasteiger partial charge in [-0.05, 0) is 118 Å². The van der Waals surface area contributed by atoms with Crippen molar-refractivity contribution in [2.24, 2.45) is 0 Å². The second kappa shape index (κ2) is 11.8. The van der Waals surface area contributed by atoms with Gasteiger partial charge in [0, 0.05) is 23.3 Å². The smallest absolute Gasteiger partial charge is 0.251 e. The zero-order valence-electron chi connectivity index (χ0n) is 25.6. The Kier molecular flexibility index (Phi) is 7.60. The minimum absolute atomic E-state index is 0.0598. The highest BCUT2D eigenvalue weighted by Gasteiger charge is 2.27. The Hall–Kier alpha value is -4.56. The molecule has 44 heavy (non-hydrogen) atoms. The monoisotopic (exact) mass is 585 g/mol. The molecule has 224 valence electrons. The van der Waals surface area contributed by atoms with E-state index in [2.05, 4.69) is 79.9 Å². The lowest BCUT2D eigenvalue weighted by atomic mass is 9.92. The van der Waals surface area contributed by atoms with Crippen LogP contribution < -0.4 is 10.6 Å². The fourth-order valence-corrected chi connectivity index (χ4v) is 6.25. The largest absolute Gasteiger partial charge is 0.346 e. The first-order valence-corrected chi connectivity index (χ1v) is 15.7. The highest BCUT2D eigenvalue weighted by Crippen LogP contribution is 2.45. The van der Waals surface area contributed by atoms with E-state index in [4.69, 9.17) is 4.98 Å². The predicted octanol–water partition coefficient (Wildman–Crippen LogP) is 7.18. The number of aryl methyl sites for hydroxylation is 1. The minimum Gasteiger partial charge on any atom is -0.346 e. The fraction of sp³-hybridized carbons (Fsp3) is 0.333. The Morgan fingerprint density at radius 2 is 1.82 bits per heavy atom. The molecule has 1 atom stereocenters. The van der Waals surface area contributed by atoms with Gasteiger partial charge in [0.05, 0.1) is 29.5 Å². The minimum atomic E-state index is -0.128. The van der Waals surface area contributed by atoms with E-state index in [9.17, 15) is 4.79 Å². The summed E-state index contributed by atoms with van der Waals surface area (Å²) in [5, 5.41) is 12.1. The van der Waals surface area contributed by atoms with Crippen molar-refractivity contribution in [3.05, 3.63) is 102 Å². The number of rotatable bonds is 8. The van der Waals surface area contributed by atoms with Gasteiger partial charge in [0.15, 0.2) is 0 Å². The summed E-state index contributed by atoms with van der Waals surface area (Å²) in [5.74, 6) is 1.09. The molecule has 2 N–H and O–H groups in total. The highest BCUT2D eigenvalue weighted by molar-refractivity contribution is 5.94. The summed E-state index contributed by atoms with van der Waals surface area (Å²) in [6, 6.07) is 21.1. The summed E-state index contributed by atoms with van der Waals surface area (Å²) in [7, 11) is 2.17. The number of hydrogen-bond donors (Lipinski definition) is 2. The van der Waals surface area contributed by atoms with Gasteiger partial charge in [0.2, 0.25) is 5.95 Å². The molecule has 1 aliphatic carbocycles. The van der Waals surface area contributed by atoms with Crippen LogP contribution in [0.3, 0.4) is 0 Å². The second-order valence-corrected chi connectivity index (χ2v) is 12.5. The molecule has 2 aliphatic rings. The van der Waals surface area contributed by atoms with Gasteiger partial charge in [-0.3, -0.25) is 9.48 Å². The van der Waals surface area contributed by atoms with Crippen LogP contribution >= 0.6 is 0 Å². The molecule has 7 rings (SSSR count). The quantitative estimate of drug-likeness (QED) is 0.201. The predicted molar refractivity (Wildman–Crippen MR) is 175 cm³/mol. The fourth-order valence-electron chi connectivity index (χ4n) is 6.25. The Morgan fingerprint density at radius 3 is 2.61 bits per heavy atom. The van der Waals surface area contributed by atoms with Gasteiger partial charge in [-0.25, -0.2) is 9.97 Å². The molecule has 2 aromatic heterocycles. The molecule has 0 bridgehead atoms. The molecular formula is C36H39N7O. The maximum atomic E-state index is 13.0. The molecule has 1 amide bonds. The van der Waals surface area contributed by atoms with E-state index in [1.807, 2.05) is 50.5 Å². The molecule has 0 spiro atoms. The Labute approximate surface area is 258 Å². The van der Waals surface area contributed by atoms with Crippen LogP contribution in [0.2, 0.25) is 0 Å². The Bertz CT molecular complexity index is 1820.